The fourth-order valence-corrected chi connectivity index (χ4v) is 4.12. The molecule has 2 fully saturated rings. The number of urea groups is 1. The average molecular weight is 333 g/mol. The molecule has 1 aliphatic heterocycles. The first kappa shape index (κ1) is 16.7. The van der Waals surface area contributed by atoms with E-state index in [0.29, 0.717) is 13.1 Å². The number of nitrogens with zero attached hydrogens (tertiary/aromatic N) is 2. The summed E-state index contributed by atoms with van der Waals surface area (Å²) in [6.07, 6.45) is 4.14. The van der Waals surface area contributed by atoms with E-state index in [0.717, 1.165) is 25.7 Å². The summed E-state index contributed by atoms with van der Waals surface area (Å²) in [5.41, 5.74) is 0.0545. The van der Waals surface area contributed by atoms with Crippen molar-refractivity contribution < 1.29 is 14.0 Å². The van der Waals surface area contributed by atoms with Gasteiger partial charge in [0.05, 0.1) is 11.6 Å². The van der Waals surface area contributed by atoms with Crippen molar-refractivity contribution in [1.29, 1.82) is 0 Å². The maximum atomic E-state index is 13.7. The van der Waals surface area contributed by atoms with E-state index in [1.165, 1.54) is 12.1 Å². The largest absolute Gasteiger partial charge is 0.349 e. The zero-order chi connectivity index (χ0) is 17.3. The van der Waals surface area contributed by atoms with Crippen LogP contribution in [0.4, 0.5) is 14.9 Å². The number of carbonyl (C=O) groups is 2. The van der Waals surface area contributed by atoms with Crippen LogP contribution in [-0.4, -0.2) is 48.9 Å². The Bertz CT molecular complexity index is 641. The lowest BCUT2D eigenvalue weighted by molar-refractivity contribution is -0.135. The Labute approximate surface area is 141 Å². The number of nitrogens with one attached hydrogen (secondary N) is 1. The van der Waals surface area contributed by atoms with Gasteiger partial charge in [-0.15, -0.1) is 0 Å². The summed E-state index contributed by atoms with van der Waals surface area (Å²) < 4.78 is 13.7. The molecule has 1 aromatic rings. The van der Waals surface area contributed by atoms with Gasteiger partial charge in [0.2, 0.25) is 5.91 Å². The first-order chi connectivity index (χ1) is 11.4. The number of carbonyl (C=O) groups excluding carboxylic acids is 2. The number of para-hydroxylation sites is 1. The molecule has 5 nitrogen and oxygen atoms in total. The number of amides is 3. The van der Waals surface area contributed by atoms with E-state index < -0.39 is 5.82 Å². The molecule has 3 amide bonds. The van der Waals surface area contributed by atoms with Crippen molar-refractivity contribution in [1.82, 2.24) is 9.80 Å². The molecule has 6 heteroatoms. The number of halogens is 1. The second-order valence-corrected chi connectivity index (χ2v) is 7.15. The minimum Gasteiger partial charge on any atom is -0.349 e. The predicted octanol–water partition coefficient (Wildman–Crippen LogP) is 2.94. The number of hydrogen-bond donors (Lipinski definition) is 1. The lowest BCUT2D eigenvalue weighted by Gasteiger charge is -2.30. The molecule has 1 atom stereocenters. The van der Waals surface area contributed by atoms with Crippen molar-refractivity contribution in [3.8, 4) is 0 Å². The highest BCUT2D eigenvalue weighted by atomic mass is 19.1. The normalized spacial score (nSPS) is 22.0. The molecule has 1 unspecified atom stereocenters. The van der Waals surface area contributed by atoms with Crippen LogP contribution in [0.2, 0.25) is 0 Å². The molecule has 0 aromatic heterocycles. The number of anilines is 1. The van der Waals surface area contributed by atoms with Gasteiger partial charge in [-0.3, -0.25) is 4.79 Å². The Morgan fingerprint density at radius 2 is 1.92 bits per heavy atom. The topological polar surface area (TPSA) is 52.7 Å². The van der Waals surface area contributed by atoms with Crippen molar-refractivity contribution in [3.63, 3.8) is 0 Å². The first-order valence-electron chi connectivity index (χ1n) is 8.44. The summed E-state index contributed by atoms with van der Waals surface area (Å²) in [5, 5.41) is 2.63. The summed E-state index contributed by atoms with van der Waals surface area (Å²) in [7, 11) is 3.51. The van der Waals surface area contributed by atoms with E-state index in [1.807, 2.05) is 0 Å². The molecule has 1 aromatic carbocycles. The van der Waals surface area contributed by atoms with Gasteiger partial charge < -0.3 is 15.1 Å². The highest BCUT2D eigenvalue weighted by Gasteiger charge is 2.52. The molecule has 1 spiro atoms. The van der Waals surface area contributed by atoms with E-state index in [1.54, 1.807) is 36.0 Å². The number of rotatable bonds is 2. The molecule has 130 valence electrons. The second kappa shape index (κ2) is 6.42. The molecule has 0 radical (unpaired) electrons. The molecule has 0 bridgehead atoms. The van der Waals surface area contributed by atoms with Gasteiger partial charge in [0.25, 0.3) is 0 Å². The van der Waals surface area contributed by atoms with Crippen LogP contribution in [0, 0.1) is 17.2 Å². The Morgan fingerprint density at radius 1 is 1.25 bits per heavy atom. The van der Waals surface area contributed by atoms with Gasteiger partial charge in [-0.1, -0.05) is 25.0 Å². The van der Waals surface area contributed by atoms with Gasteiger partial charge in [-0.25, -0.2) is 9.18 Å². The summed E-state index contributed by atoms with van der Waals surface area (Å²) in [5.74, 6) is -0.541. The van der Waals surface area contributed by atoms with Crippen LogP contribution < -0.4 is 5.32 Å². The lowest BCUT2D eigenvalue weighted by atomic mass is 9.76. The number of benzene rings is 1. The maximum absolute atomic E-state index is 13.7. The Balaban J connectivity index is 1.76. The molecule has 1 saturated carbocycles. The standard InChI is InChI=1S/C18H24FN3O2/c1-21(2)16(23)13-11-22(12-18(13)9-5-6-10-18)17(24)20-15-8-4-3-7-14(15)19/h3-4,7-8,13H,5-6,9-12H2,1-2H3,(H,20,24). The minimum atomic E-state index is -0.457. The molecule has 24 heavy (non-hydrogen) atoms. The third-order valence-electron chi connectivity index (χ3n) is 5.39. The summed E-state index contributed by atoms with van der Waals surface area (Å²) in [4.78, 5) is 28.4. The highest BCUT2D eigenvalue weighted by Crippen LogP contribution is 2.49. The van der Waals surface area contributed by atoms with Crippen LogP contribution in [-0.2, 0) is 4.79 Å². The van der Waals surface area contributed by atoms with Crippen LogP contribution in [0.5, 0.6) is 0 Å². The fraction of sp³-hybridized carbons (Fsp3) is 0.556. The van der Waals surface area contributed by atoms with E-state index in [4.69, 9.17) is 0 Å². The van der Waals surface area contributed by atoms with Gasteiger partial charge in [-0.2, -0.15) is 0 Å². The third-order valence-corrected chi connectivity index (χ3v) is 5.39. The highest BCUT2D eigenvalue weighted by molar-refractivity contribution is 5.91. The smallest absolute Gasteiger partial charge is 0.321 e. The monoisotopic (exact) mass is 333 g/mol. The van der Waals surface area contributed by atoms with Crippen LogP contribution in [0.15, 0.2) is 24.3 Å². The van der Waals surface area contributed by atoms with Gasteiger partial charge in [0.1, 0.15) is 5.82 Å². The Kier molecular flexibility index (Phi) is 4.47. The molecule has 1 saturated heterocycles. The van der Waals surface area contributed by atoms with Crippen LogP contribution in [0.3, 0.4) is 0 Å². The molecular weight excluding hydrogens is 309 g/mol. The fourth-order valence-electron chi connectivity index (χ4n) is 4.12. The van der Waals surface area contributed by atoms with E-state index in [2.05, 4.69) is 5.32 Å². The molecule has 3 rings (SSSR count). The van der Waals surface area contributed by atoms with Crippen molar-refractivity contribution in [3.05, 3.63) is 30.1 Å². The molecule has 1 heterocycles. The third kappa shape index (κ3) is 2.97. The average Bonchev–Trinajstić information content (AvgIpc) is 3.17. The van der Waals surface area contributed by atoms with Crippen molar-refractivity contribution in [2.45, 2.75) is 25.7 Å². The zero-order valence-corrected chi connectivity index (χ0v) is 14.2. The van der Waals surface area contributed by atoms with E-state index in [9.17, 15) is 14.0 Å². The van der Waals surface area contributed by atoms with Gasteiger partial charge >= 0.3 is 6.03 Å². The Morgan fingerprint density at radius 3 is 2.54 bits per heavy atom. The summed E-state index contributed by atoms with van der Waals surface area (Å²) in [6.45, 7) is 0.967. The van der Waals surface area contributed by atoms with Gasteiger partial charge in [0, 0.05) is 32.6 Å². The van der Waals surface area contributed by atoms with Crippen molar-refractivity contribution >= 4 is 17.6 Å². The van der Waals surface area contributed by atoms with Crippen LogP contribution in [0.1, 0.15) is 25.7 Å². The van der Waals surface area contributed by atoms with Gasteiger partial charge in [-0.05, 0) is 25.0 Å². The van der Waals surface area contributed by atoms with Gasteiger partial charge in [0.15, 0.2) is 0 Å². The van der Waals surface area contributed by atoms with Crippen molar-refractivity contribution in [2.24, 2.45) is 11.3 Å². The summed E-state index contributed by atoms with van der Waals surface area (Å²) >= 11 is 0. The van der Waals surface area contributed by atoms with Crippen LogP contribution in [0.25, 0.3) is 0 Å². The molecule has 1 N–H and O–H groups in total. The van der Waals surface area contributed by atoms with E-state index in [-0.39, 0.29) is 29.0 Å². The zero-order valence-electron chi connectivity index (χ0n) is 14.2. The molecule has 1 aliphatic carbocycles. The second-order valence-electron chi connectivity index (χ2n) is 7.15. The maximum Gasteiger partial charge on any atom is 0.321 e. The van der Waals surface area contributed by atoms with Crippen molar-refractivity contribution in [2.75, 3.05) is 32.5 Å². The SMILES string of the molecule is CN(C)C(=O)C1CN(C(=O)Nc2ccccc2F)CC12CCCC2. The number of likely N-dealkylation sites (tertiary alicyclic amines) is 1. The lowest BCUT2D eigenvalue weighted by Crippen LogP contribution is -2.39. The molecule has 2 aliphatic rings. The van der Waals surface area contributed by atoms with E-state index >= 15 is 0 Å². The molecular formula is C18H24FN3O2. The van der Waals surface area contributed by atoms with Crippen LogP contribution >= 0.6 is 0 Å². The summed E-state index contributed by atoms with van der Waals surface area (Å²) in [6, 6.07) is 5.79. The number of hydrogen-bond acceptors (Lipinski definition) is 2. The quantitative estimate of drug-likeness (QED) is 0.905. The Hall–Kier alpha value is -2.11. The predicted molar refractivity (Wildman–Crippen MR) is 90.1 cm³/mol. The minimum absolute atomic E-state index is 0.0816. The first-order valence-corrected chi connectivity index (χ1v) is 8.44.